The molecule has 16 heavy (non-hydrogen) atoms. The minimum atomic E-state index is 0.206. The average molecular weight is 242 g/mol. The minimum Gasteiger partial charge on any atom is -0.356 e. The molecule has 0 aliphatic rings. The fourth-order valence-electron chi connectivity index (χ4n) is 1.76. The van der Waals surface area contributed by atoms with Crippen LogP contribution in [-0.4, -0.2) is 29.3 Å². The van der Waals surface area contributed by atoms with Gasteiger partial charge in [-0.2, -0.15) is 0 Å². The van der Waals surface area contributed by atoms with E-state index in [1.54, 1.807) is 0 Å². The van der Waals surface area contributed by atoms with Crippen molar-refractivity contribution in [2.75, 3.05) is 11.9 Å². The zero-order chi connectivity index (χ0) is 12.1. The van der Waals surface area contributed by atoms with E-state index >= 15 is 0 Å². The molecular weight excluding hydrogens is 226 g/mol. The van der Waals surface area contributed by atoms with E-state index in [0.29, 0.717) is 23.7 Å². The maximum atomic E-state index is 11.0. The van der Waals surface area contributed by atoms with Crippen LogP contribution in [0.2, 0.25) is 5.15 Å². The smallest absolute Gasteiger partial charge is 0.156 e. The molecule has 0 aliphatic heterocycles. The van der Waals surface area contributed by atoms with Gasteiger partial charge in [-0.25, -0.2) is 9.97 Å². The Kier molecular flexibility index (Phi) is 4.68. The van der Waals surface area contributed by atoms with E-state index in [4.69, 9.17) is 11.6 Å². The highest BCUT2D eigenvalue weighted by molar-refractivity contribution is 6.32. The van der Waals surface area contributed by atoms with Crippen molar-refractivity contribution in [2.24, 2.45) is 0 Å². The molecule has 0 N–H and O–H groups in total. The molecule has 5 heteroatoms. The summed E-state index contributed by atoms with van der Waals surface area (Å²) in [5.74, 6) is 0.601. The third-order valence-corrected chi connectivity index (χ3v) is 3.06. The molecule has 0 aliphatic carbocycles. The summed E-state index contributed by atoms with van der Waals surface area (Å²) in [6, 6.07) is 0.352. The van der Waals surface area contributed by atoms with Crippen LogP contribution in [0.4, 0.5) is 5.82 Å². The monoisotopic (exact) mass is 241 g/mol. The van der Waals surface area contributed by atoms with Gasteiger partial charge in [0.1, 0.15) is 17.3 Å². The Balaban J connectivity index is 3.11. The molecule has 1 heterocycles. The van der Waals surface area contributed by atoms with Gasteiger partial charge in [0.2, 0.25) is 0 Å². The van der Waals surface area contributed by atoms with Crippen LogP contribution in [0.3, 0.4) is 0 Å². The summed E-state index contributed by atoms with van der Waals surface area (Å²) in [7, 11) is 1.92. The molecular formula is C11H16ClN3O. The summed E-state index contributed by atoms with van der Waals surface area (Å²) in [5.41, 5.74) is 0.360. The van der Waals surface area contributed by atoms with Gasteiger partial charge in [-0.1, -0.05) is 25.4 Å². The van der Waals surface area contributed by atoms with E-state index in [9.17, 15) is 4.79 Å². The second kappa shape index (κ2) is 5.80. The molecule has 0 bridgehead atoms. The van der Waals surface area contributed by atoms with Crippen LogP contribution in [0.5, 0.6) is 0 Å². The summed E-state index contributed by atoms with van der Waals surface area (Å²) >= 11 is 5.86. The summed E-state index contributed by atoms with van der Waals surface area (Å²) in [6.07, 6.45) is 4.07. The lowest BCUT2D eigenvalue weighted by atomic mass is 10.1. The first kappa shape index (κ1) is 12.9. The fourth-order valence-corrected chi connectivity index (χ4v) is 1.93. The lowest BCUT2D eigenvalue weighted by Gasteiger charge is -2.28. The molecule has 0 saturated heterocycles. The molecule has 0 unspecified atom stereocenters. The lowest BCUT2D eigenvalue weighted by molar-refractivity contribution is 0.112. The number of halogens is 1. The number of aldehydes is 1. The van der Waals surface area contributed by atoms with Crippen LogP contribution in [0, 0.1) is 0 Å². The largest absolute Gasteiger partial charge is 0.356 e. The molecule has 0 atom stereocenters. The molecule has 0 spiro atoms. The van der Waals surface area contributed by atoms with Crippen molar-refractivity contribution in [1.29, 1.82) is 0 Å². The first-order valence-electron chi connectivity index (χ1n) is 5.34. The fraction of sp³-hybridized carbons (Fsp3) is 0.545. The summed E-state index contributed by atoms with van der Waals surface area (Å²) in [5, 5.41) is 0.206. The van der Waals surface area contributed by atoms with Crippen molar-refractivity contribution in [1.82, 2.24) is 9.97 Å². The standard InChI is InChI=1S/C11H16ClN3O/c1-4-8(5-2)15(3)11-9(6-16)10(12)13-7-14-11/h6-8H,4-5H2,1-3H3. The van der Waals surface area contributed by atoms with E-state index in [0.717, 1.165) is 12.8 Å². The maximum absolute atomic E-state index is 11.0. The van der Waals surface area contributed by atoms with Gasteiger partial charge in [0, 0.05) is 13.1 Å². The second-order valence-electron chi connectivity index (χ2n) is 3.60. The highest BCUT2D eigenvalue weighted by Gasteiger charge is 2.18. The van der Waals surface area contributed by atoms with Crippen molar-refractivity contribution >= 4 is 23.7 Å². The Morgan fingerprint density at radius 1 is 1.44 bits per heavy atom. The van der Waals surface area contributed by atoms with Crippen LogP contribution in [0.25, 0.3) is 0 Å². The van der Waals surface area contributed by atoms with Crippen LogP contribution >= 0.6 is 11.6 Å². The SMILES string of the molecule is CCC(CC)N(C)c1ncnc(Cl)c1C=O. The lowest BCUT2D eigenvalue weighted by Crippen LogP contribution is -2.32. The Morgan fingerprint density at radius 2 is 2.06 bits per heavy atom. The number of hydrogen-bond donors (Lipinski definition) is 0. The summed E-state index contributed by atoms with van der Waals surface area (Å²) < 4.78 is 0. The number of anilines is 1. The number of hydrogen-bond acceptors (Lipinski definition) is 4. The second-order valence-corrected chi connectivity index (χ2v) is 3.96. The van der Waals surface area contributed by atoms with E-state index in [1.807, 2.05) is 11.9 Å². The highest BCUT2D eigenvalue weighted by atomic mass is 35.5. The molecule has 88 valence electrons. The van der Waals surface area contributed by atoms with E-state index in [2.05, 4.69) is 23.8 Å². The Morgan fingerprint density at radius 3 is 2.56 bits per heavy atom. The third-order valence-electron chi connectivity index (χ3n) is 2.76. The molecule has 0 saturated carbocycles. The molecule has 1 rings (SSSR count). The molecule has 0 radical (unpaired) electrons. The molecule has 1 aromatic rings. The molecule has 0 amide bonds. The van der Waals surface area contributed by atoms with E-state index < -0.39 is 0 Å². The Labute approximate surface area is 101 Å². The van der Waals surface area contributed by atoms with Crippen molar-refractivity contribution in [3.63, 3.8) is 0 Å². The van der Waals surface area contributed by atoms with Gasteiger partial charge in [-0.05, 0) is 12.8 Å². The molecule has 4 nitrogen and oxygen atoms in total. The van der Waals surface area contributed by atoms with E-state index in [-0.39, 0.29) is 5.15 Å². The normalized spacial score (nSPS) is 10.6. The summed E-state index contributed by atoms with van der Waals surface area (Å²) in [4.78, 5) is 20.9. The molecule has 0 aromatic carbocycles. The van der Waals surface area contributed by atoms with Gasteiger partial charge >= 0.3 is 0 Å². The Bertz CT molecular complexity index is 366. The third kappa shape index (κ3) is 2.50. The van der Waals surface area contributed by atoms with Crippen LogP contribution in [-0.2, 0) is 0 Å². The average Bonchev–Trinajstić information content (AvgIpc) is 2.30. The maximum Gasteiger partial charge on any atom is 0.156 e. The number of aromatic nitrogens is 2. The van der Waals surface area contributed by atoms with Gasteiger partial charge in [0.25, 0.3) is 0 Å². The van der Waals surface area contributed by atoms with Gasteiger partial charge in [0.15, 0.2) is 6.29 Å². The Hall–Kier alpha value is -1.16. The van der Waals surface area contributed by atoms with Crippen LogP contribution in [0.15, 0.2) is 6.33 Å². The summed E-state index contributed by atoms with van der Waals surface area (Å²) in [6.45, 7) is 4.21. The topological polar surface area (TPSA) is 46.1 Å². The molecule has 0 fully saturated rings. The van der Waals surface area contributed by atoms with Gasteiger partial charge in [0.05, 0.1) is 5.56 Å². The molecule has 1 aromatic heterocycles. The zero-order valence-electron chi connectivity index (χ0n) is 9.77. The van der Waals surface area contributed by atoms with Crippen molar-refractivity contribution < 1.29 is 4.79 Å². The van der Waals surface area contributed by atoms with Gasteiger partial charge in [-0.15, -0.1) is 0 Å². The van der Waals surface area contributed by atoms with Crippen LogP contribution < -0.4 is 4.90 Å². The zero-order valence-corrected chi connectivity index (χ0v) is 10.5. The van der Waals surface area contributed by atoms with Gasteiger partial charge < -0.3 is 4.90 Å². The number of carbonyl (C=O) groups excluding carboxylic acids is 1. The predicted octanol–water partition coefficient (Wildman–Crippen LogP) is 2.57. The van der Waals surface area contributed by atoms with Crippen LogP contribution in [0.1, 0.15) is 37.0 Å². The first-order chi connectivity index (χ1) is 7.65. The van der Waals surface area contributed by atoms with E-state index in [1.165, 1.54) is 6.33 Å². The van der Waals surface area contributed by atoms with Gasteiger partial charge in [-0.3, -0.25) is 4.79 Å². The first-order valence-corrected chi connectivity index (χ1v) is 5.71. The highest BCUT2D eigenvalue weighted by Crippen LogP contribution is 2.23. The minimum absolute atomic E-state index is 0.206. The quantitative estimate of drug-likeness (QED) is 0.587. The number of rotatable bonds is 5. The number of carbonyl (C=O) groups is 1. The van der Waals surface area contributed by atoms with Crippen molar-refractivity contribution in [3.05, 3.63) is 17.0 Å². The van der Waals surface area contributed by atoms with Crippen molar-refractivity contribution in [2.45, 2.75) is 32.7 Å². The predicted molar refractivity (Wildman–Crippen MR) is 65.2 cm³/mol. The number of nitrogens with zero attached hydrogens (tertiary/aromatic N) is 3. The van der Waals surface area contributed by atoms with Crippen molar-refractivity contribution in [3.8, 4) is 0 Å².